The van der Waals surface area contributed by atoms with E-state index < -0.39 is 0 Å². The van der Waals surface area contributed by atoms with Gasteiger partial charge in [0.15, 0.2) is 11.5 Å². The normalized spacial score (nSPS) is 11.2. The van der Waals surface area contributed by atoms with E-state index >= 15 is 0 Å². The minimum absolute atomic E-state index is 0.635. The summed E-state index contributed by atoms with van der Waals surface area (Å²) in [5, 5.41) is 7.91. The summed E-state index contributed by atoms with van der Waals surface area (Å²) in [6, 6.07) is 3.91. The SMILES string of the molecule is COCCNc1cc(C)nc2cc(-c3nccn3C)nn12. The number of rotatable bonds is 5. The molecule has 0 amide bonds. The van der Waals surface area contributed by atoms with Gasteiger partial charge in [0, 0.05) is 50.9 Å². The summed E-state index contributed by atoms with van der Waals surface area (Å²) in [4.78, 5) is 8.84. The quantitative estimate of drug-likeness (QED) is 0.720. The third kappa shape index (κ3) is 2.59. The first kappa shape index (κ1) is 13.6. The number of anilines is 1. The molecule has 0 aliphatic carbocycles. The van der Waals surface area contributed by atoms with Crippen LogP contribution in [0.25, 0.3) is 17.2 Å². The van der Waals surface area contributed by atoms with E-state index in [0.29, 0.717) is 13.2 Å². The molecule has 3 rings (SSSR count). The molecule has 0 fully saturated rings. The molecule has 0 saturated heterocycles. The first-order chi connectivity index (χ1) is 10.2. The average Bonchev–Trinajstić information content (AvgIpc) is 3.04. The molecule has 7 heteroatoms. The molecule has 1 N–H and O–H groups in total. The van der Waals surface area contributed by atoms with Crippen molar-refractivity contribution < 1.29 is 4.74 Å². The predicted molar refractivity (Wildman–Crippen MR) is 80.3 cm³/mol. The number of nitrogens with one attached hydrogen (secondary N) is 1. The number of imidazole rings is 1. The van der Waals surface area contributed by atoms with Crippen LogP contribution in [0.3, 0.4) is 0 Å². The van der Waals surface area contributed by atoms with Gasteiger partial charge in [0.2, 0.25) is 0 Å². The topological polar surface area (TPSA) is 69.3 Å². The molecule has 0 spiro atoms. The van der Waals surface area contributed by atoms with Crippen molar-refractivity contribution in [3.63, 3.8) is 0 Å². The zero-order chi connectivity index (χ0) is 14.8. The summed E-state index contributed by atoms with van der Waals surface area (Å²) in [5.74, 6) is 1.72. The monoisotopic (exact) mass is 286 g/mol. The van der Waals surface area contributed by atoms with Crippen LogP contribution in [0.4, 0.5) is 5.82 Å². The Hall–Kier alpha value is -2.41. The van der Waals surface area contributed by atoms with Crippen molar-refractivity contribution in [1.29, 1.82) is 0 Å². The van der Waals surface area contributed by atoms with Gasteiger partial charge in [0.1, 0.15) is 11.5 Å². The molecule has 110 valence electrons. The second kappa shape index (κ2) is 5.53. The highest BCUT2D eigenvalue weighted by atomic mass is 16.5. The van der Waals surface area contributed by atoms with Crippen molar-refractivity contribution in [2.24, 2.45) is 7.05 Å². The van der Waals surface area contributed by atoms with Crippen LogP contribution in [0.2, 0.25) is 0 Å². The van der Waals surface area contributed by atoms with Gasteiger partial charge in [0.25, 0.3) is 0 Å². The fraction of sp³-hybridized carbons (Fsp3) is 0.357. The highest BCUT2D eigenvalue weighted by Crippen LogP contribution is 2.20. The first-order valence-electron chi connectivity index (χ1n) is 6.77. The Balaban J connectivity index is 2.04. The van der Waals surface area contributed by atoms with E-state index in [2.05, 4.69) is 20.4 Å². The van der Waals surface area contributed by atoms with Crippen LogP contribution in [-0.2, 0) is 11.8 Å². The van der Waals surface area contributed by atoms with Gasteiger partial charge in [-0.25, -0.2) is 9.97 Å². The van der Waals surface area contributed by atoms with E-state index in [1.54, 1.807) is 17.8 Å². The predicted octanol–water partition coefficient (Wildman–Crippen LogP) is 1.50. The minimum Gasteiger partial charge on any atom is -0.383 e. The van der Waals surface area contributed by atoms with Gasteiger partial charge in [-0.1, -0.05) is 0 Å². The molecule has 3 heterocycles. The number of aromatic nitrogens is 5. The molecule has 3 aromatic rings. The van der Waals surface area contributed by atoms with Gasteiger partial charge in [0.05, 0.1) is 6.61 Å². The largest absolute Gasteiger partial charge is 0.383 e. The molecule has 0 saturated carbocycles. The van der Waals surface area contributed by atoms with Crippen LogP contribution in [0, 0.1) is 6.92 Å². The van der Waals surface area contributed by atoms with Gasteiger partial charge in [-0.3, -0.25) is 0 Å². The number of aryl methyl sites for hydroxylation is 2. The summed E-state index contributed by atoms with van der Waals surface area (Å²) in [7, 11) is 3.63. The van der Waals surface area contributed by atoms with Crippen molar-refractivity contribution in [2.45, 2.75) is 6.92 Å². The summed E-state index contributed by atoms with van der Waals surface area (Å²) < 4.78 is 8.80. The Morgan fingerprint density at radius 3 is 2.90 bits per heavy atom. The lowest BCUT2D eigenvalue weighted by molar-refractivity contribution is 0.210. The van der Waals surface area contributed by atoms with Gasteiger partial charge in [-0.05, 0) is 6.92 Å². The van der Waals surface area contributed by atoms with Crippen LogP contribution in [0.5, 0.6) is 0 Å². The maximum Gasteiger partial charge on any atom is 0.160 e. The van der Waals surface area contributed by atoms with Crippen LogP contribution in [0.1, 0.15) is 5.69 Å². The molecule has 0 unspecified atom stereocenters. The third-order valence-corrected chi connectivity index (χ3v) is 3.22. The molecule has 0 bridgehead atoms. The molecule has 21 heavy (non-hydrogen) atoms. The molecule has 7 nitrogen and oxygen atoms in total. The highest BCUT2D eigenvalue weighted by Gasteiger charge is 2.12. The number of hydrogen-bond donors (Lipinski definition) is 1. The van der Waals surface area contributed by atoms with Gasteiger partial charge in [-0.2, -0.15) is 9.61 Å². The van der Waals surface area contributed by atoms with Gasteiger partial charge >= 0.3 is 0 Å². The number of methoxy groups -OCH3 is 1. The maximum atomic E-state index is 5.06. The molecule has 3 aromatic heterocycles. The van der Waals surface area contributed by atoms with E-state index in [-0.39, 0.29) is 0 Å². The first-order valence-corrected chi connectivity index (χ1v) is 6.77. The Morgan fingerprint density at radius 2 is 2.19 bits per heavy atom. The van der Waals surface area contributed by atoms with Crippen LogP contribution < -0.4 is 5.32 Å². The van der Waals surface area contributed by atoms with Crippen molar-refractivity contribution in [1.82, 2.24) is 24.1 Å². The molecule has 0 aliphatic rings. The summed E-state index contributed by atoms with van der Waals surface area (Å²) in [6.07, 6.45) is 3.66. The maximum absolute atomic E-state index is 5.06. The van der Waals surface area contributed by atoms with Gasteiger partial charge in [-0.15, -0.1) is 0 Å². The summed E-state index contributed by atoms with van der Waals surface area (Å²) >= 11 is 0. The Labute approximate surface area is 122 Å². The highest BCUT2D eigenvalue weighted by molar-refractivity contribution is 5.61. The smallest absolute Gasteiger partial charge is 0.160 e. The number of hydrogen-bond acceptors (Lipinski definition) is 5. The summed E-state index contributed by atoms with van der Waals surface area (Å²) in [6.45, 7) is 3.32. The third-order valence-electron chi connectivity index (χ3n) is 3.22. The molecule has 0 atom stereocenters. The molecule has 0 aromatic carbocycles. The number of nitrogens with zero attached hydrogens (tertiary/aromatic N) is 5. The van der Waals surface area contributed by atoms with Crippen molar-refractivity contribution in [2.75, 3.05) is 25.6 Å². The second-order valence-corrected chi connectivity index (χ2v) is 4.86. The number of fused-ring (bicyclic) bond motifs is 1. The van der Waals surface area contributed by atoms with Crippen LogP contribution >= 0.6 is 0 Å². The fourth-order valence-corrected chi connectivity index (χ4v) is 2.23. The number of ether oxygens (including phenoxy) is 1. The Bertz CT molecular complexity index is 760. The Kier molecular flexibility index (Phi) is 3.57. The Morgan fingerprint density at radius 1 is 1.33 bits per heavy atom. The zero-order valence-electron chi connectivity index (χ0n) is 12.4. The van der Waals surface area contributed by atoms with E-state index in [4.69, 9.17) is 4.74 Å². The van der Waals surface area contributed by atoms with Crippen molar-refractivity contribution in [3.8, 4) is 11.5 Å². The minimum atomic E-state index is 0.635. The molecular weight excluding hydrogens is 268 g/mol. The second-order valence-electron chi connectivity index (χ2n) is 4.86. The zero-order valence-corrected chi connectivity index (χ0v) is 12.4. The molecule has 0 radical (unpaired) electrons. The van der Waals surface area contributed by atoms with Crippen LogP contribution in [-0.4, -0.2) is 44.4 Å². The van der Waals surface area contributed by atoms with Crippen molar-refractivity contribution >= 4 is 11.5 Å². The average molecular weight is 286 g/mol. The lowest BCUT2D eigenvalue weighted by Crippen LogP contribution is -2.11. The van der Waals surface area contributed by atoms with E-state index in [1.165, 1.54) is 0 Å². The van der Waals surface area contributed by atoms with Crippen molar-refractivity contribution in [3.05, 3.63) is 30.2 Å². The van der Waals surface area contributed by atoms with E-state index in [9.17, 15) is 0 Å². The van der Waals surface area contributed by atoms with E-state index in [1.807, 2.05) is 36.9 Å². The lowest BCUT2D eigenvalue weighted by atomic mass is 10.4. The standard InChI is InChI=1S/C14H18N6O/c1-10-8-12(15-5-7-21-3)20-13(17-10)9-11(18-20)14-16-4-6-19(14)2/h4,6,8-9,15H,5,7H2,1-3H3. The summed E-state index contributed by atoms with van der Waals surface area (Å²) in [5.41, 5.74) is 2.54. The lowest BCUT2D eigenvalue weighted by Gasteiger charge is -2.08. The molecular formula is C14H18N6O. The van der Waals surface area contributed by atoms with Gasteiger partial charge < -0.3 is 14.6 Å². The fourth-order valence-electron chi connectivity index (χ4n) is 2.23. The van der Waals surface area contributed by atoms with E-state index in [0.717, 1.165) is 28.7 Å². The molecule has 0 aliphatic heterocycles. The van der Waals surface area contributed by atoms with Crippen LogP contribution in [0.15, 0.2) is 24.5 Å².